The highest BCUT2D eigenvalue weighted by molar-refractivity contribution is 6.08. The first-order chi connectivity index (χ1) is 11.0. The molecule has 0 radical (unpaired) electrons. The van der Waals surface area contributed by atoms with Crippen LogP contribution in [0.1, 0.15) is 23.0 Å². The number of aromatic nitrogens is 1. The number of aryl methyl sites for hydroxylation is 1. The van der Waals surface area contributed by atoms with E-state index in [9.17, 15) is 9.59 Å². The fourth-order valence-corrected chi connectivity index (χ4v) is 2.42. The molecule has 0 N–H and O–H groups in total. The molecule has 0 spiro atoms. The number of ether oxygens (including phenoxy) is 3. The van der Waals surface area contributed by atoms with Crippen LogP contribution in [0.3, 0.4) is 0 Å². The molecule has 0 fully saturated rings. The van der Waals surface area contributed by atoms with Crippen LogP contribution in [0.15, 0.2) is 24.3 Å². The van der Waals surface area contributed by atoms with E-state index in [1.54, 1.807) is 26.2 Å². The first-order valence-corrected chi connectivity index (χ1v) is 7.13. The molecule has 23 heavy (non-hydrogen) atoms. The van der Waals surface area contributed by atoms with Crippen LogP contribution in [0.5, 0.6) is 5.75 Å². The Morgan fingerprint density at radius 2 is 2.00 bits per heavy atom. The van der Waals surface area contributed by atoms with E-state index in [1.165, 1.54) is 13.2 Å². The molecule has 0 atom stereocenters. The Labute approximate surface area is 134 Å². The van der Waals surface area contributed by atoms with Gasteiger partial charge < -0.3 is 18.8 Å². The molecule has 1 heterocycles. The zero-order valence-electron chi connectivity index (χ0n) is 13.6. The molecule has 0 bridgehead atoms. The number of hydrogen-bond donors (Lipinski definition) is 0. The van der Waals surface area contributed by atoms with E-state index in [2.05, 4.69) is 0 Å². The third-order valence-electron chi connectivity index (χ3n) is 3.51. The van der Waals surface area contributed by atoms with E-state index < -0.39 is 11.9 Å². The van der Waals surface area contributed by atoms with E-state index >= 15 is 0 Å². The second kappa shape index (κ2) is 7.00. The summed E-state index contributed by atoms with van der Waals surface area (Å²) < 4.78 is 16.8. The van der Waals surface area contributed by atoms with Crippen molar-refractivity contribution in [2.45, 2.75) is 6.92 Å². The number of hydrogen-bond acceptors (Lipinski definition) is 5. The van der Waals surface area contributed by atoms with Gasteiger partial charge in [-0.3, -0.25) is 0 Å². The van der Waals surface area contributed by atoms with Crippen LogP contribution >= 0.6 is 0 Å². The van der Waals surface area contributed by atoms with Crippen molar-refractivity contribution in [3.8, 4) is 5.75 Å². The summed E-state index contributed by atoms with van der Waals surface area (Å²) in [7, 11) is 4.69. The quantitative estimate of drug-likeness (QED) is 0.626. The molecule has 6 nitrogen and oxygen atoms in total. The van der Waals surface area contributed by atoms with Gasteiger partial charge in [0.2, 0.25) is 0 Å². The number of esters is 2. The average Bonchev–Trinajstić information content (AvgIpc) is 2.84. The maximum Gasteiger partial charge on any atom is 0.340 e. The van der Waals surface area contributed by atoms with Crippen molar-refractivity contribution in [2.24, 2.45) is 7.05 Å². The first kappa shape index (κ1) is 16.6. The maximum atomic E-state index is 12.2. The Morgan fingerprint density at radius 3 is 2.61 bits per heavy atom. The normalized spacial score (nSPS) is 11.0. The fraction of sp³-hybridized carbons (Fsp3) is 0.294. The van der Waals surface area contributed by atoms with E-state index in [4.69, 9.17) is 14.2 Å². The summed E-state index contributed by atoms with van der Waals surface area (Å²) in [5.74, 6) is -0.312. The second-order valence-electron chi connectivity index (χ2n) is 4.78. The molecule has 6 heteroatoms. The first-order valence-electron chi connectivity index (χ1n) is 7.13. The minimum atomic E-state index is -0.479. The lowest BCUT2D eigenvalue weighted by Gasteiger charge is -2.02. The van der Waals surface area contributed by atoms with Crippen molar-refractivity contribution in [2.75, 3.05) is 20.8 Å². The largest absolute Gasteiger partial charge is 0.497 e. The number of carbonyl (C=O) groups is 2. The molecule has 1 aromatic carbocycles. The van der Waals surface area contributed by atoms with Gasteiger partial charge >= 0.3 is 11.9 Å². The summed E-state index contributed by atoms with van der Waals surface area (Å²) in [6, 6.07) is 5.42. The molecule has 0 aliphatic carbocycles. The molecular weight excluding hydrogens is 298 g/mol. The van der Waals surface area contributed by atoms with E-state index in [1.807, 2.05) is 23.7 Å². The van der Waals surface area contributed by atoms with Gasteiger partial charge in [-0.15, -0.1) is 0 Å². The van der Waals surface area contributed by atoms with Crippen molar-refractivity contribution < 1.29 is 23.8 Å². The Bertz CT molecular complexity index is 773. The molecule has 0 aliphatic heterocycles. The predicted molar refractivity (Wildman–Crippen MR) is 86.5 cm³/mol. The number of methoxy groups -OCH3 is 2. The number of rotatable bonds is 5. The molecule has 2 aromatic rings. The third-order valence-corrected chi connectivity index (χ3v) is 3.51. The molecule has 0 aliphatic rings. The van der Waals surface area contributed by atoms with Crippen molar-refractivity contribution in [1.29, 1.82) is 0 Å². The van der Waals surface area contributed by atoms with E-state index in [-0.39, 0.29) is 0 Å². The number of carbonyl (C=O) groups excluding carboxylic acids is 2. The zero-order chi connectivity index (χ0) is 17.0. The van der Waals surface area contributed by atoms with Gasteiger partial charge in [0.1, 0.15) is 5.75 Å². The van der Waals surface area contributed by atoms with Crippen LogP contribution < -0.4 is 4.74 Å². The topological polar surface area (TPSA) is 66.8 Å². The lowest BCUT2D eigenvalue weighted by atomic mass is 10.1. The molecule has 1 aromatic heterocycles. The van der Waals surface area contributed by atoms with Crippen molar-refractivity contribution in [3.05, 3.63) is 35.5 Å². The molecule has 0 amide bonds. The Hall–Kier alpha value is -2.76. The average molecular weight is 317 g/mol. The Morgan fingerprint density at radius 1 is 1.26 bits per heavy atom. The van der Waals surface area contributed by atoms with Gasteiger partial charge in [-0.25, -0.2) is 9.59 Å². The summed E-state index contributed by atoms with van der Waals surface area (Å²) in [4.78, 5) is 23.7. The SMILES string of the molecule is CCOC(=O)C=Cc1c(C(=O)OC)c2cc(OC)ccc2n1C. The van der Waals surface area contributed by atoms with Crippen LogP contribution in [-0.2, 0) is 21.3 Å². The van der Waals surface area contributed by atoms with Gasteiger partial charge in [-0.05, 0) is 31.2 Å². The Balaban J connectivity index is 2.64. The molecule has 0 saturated heterocycles. The minimum Gasteiger partial charge on any atom is -0.497 e. The highest BCUT2D eigenvalue weighted by atomic mass is 16.5. The summed E-state index contributed by atoms with van der Waals surface area (Å²) in [6.45, 7) is 2.02. The molecule has 0 saturated carbocycles. The van der Waals surface area contributed by atoms with Crippen LogP contribution in [0.4, 0.5) is 0 Å². The molecule has 0 unspecified atom stereocenters. The summed E-state index contributed by atoms with van der Waals surface area (Å²) in [5, 5.41) is 0.696. The van der Waals surface area contributed by atoms with Crippen LogP contribution in [0.2, 0.25) is 0 Å². The lowest BCUT2D eigenvalue weighted by molar-refractivity contribution is -0.137. The standard InChI is InChI=1S/C17H19NO5/c1-5-23-15(19)9-8-14-16(17(20)22-4)12-10-11(21-3)6-7-13(12)18(14)2/h6-10H,5H2,1-4H3. The minimum absolute atomic E-state index is 0.291. The van der Waals surface area contributed by atoms with Crippen LogP contribution in [-0.4, -0.2) is 37.3 Å². The number of nitrogens with zero attached hydrogens (tertiary/aromatic N) is 1. The maximum absolute atomic E-state index is 12.2. The highest BCUT2D eigenvalue weighted by Crippen LogP contribution is 2.30. The van der Waals surface area contributed by atoms with E-state index in [0.717, 1.165) is 5.52 Å². The zero-order valence-corrected chi connectivity index (χ0v) is 13.6. The van der Waals surface area contributed by atoms with Crippen molar-refractivity contribution >= 4 is 28.9 Å². The second-order valence-corrected chi connectivity index (χ2v) is 4.78. The van der Waals surface area contributed by atoms with Gasteiger partial charge in [0.15, 0.2) is 0 Å². The molecular formula is C17H19NO5. The van der Waals surface area contributed by atoms with Crippen LogP contribution in [0, 0.1) is 0 Å². The smallest absolute Gasteiger partial charge is 0.340 e. The summed E-state index contributed by atoms with van der Waals surface area (Å²) in [6.07, 6.45) is 2.85. The summed E-state index contributed by atoms with van der Waals surface area (Å²) in [5.41, 5.74) is 1.77. The van der Waals surface area contributed by atoms with Crippen molar-refractivity contribution in [3.63, 3.8) is 0 Å². The van der Waals surface area contributed by atoms with E-state index in [0.29, 0.717) is 29.0 Å². The molecule has 2 rings (SSSR count). The fourth-order valence-electron chi connectivity index (χ4n) is 2.42. The lowest BCUT2D eigenvalue weighted by Crippen LogP contribution is -2.05. The summed E-state index contributed by atoms with van der Waals surface area (Å²) >= 11 is 0. The van der Waals surface area contributed by atoms with Crippen LogP contribution in [0.25, 0.3) is 17.0 Å². The van der Waals surface area contributed by atoms with Gasteiger partial charge in [-0.1, -0.05) is 0 Å². The van der Waals surface area contributed by atoms with Gasteiger partial charge in [0.25, 0.3) is 0 Å². The number of benzene rings is 1. The monoisotopic (exact) mass is 317 g/mol. The predicted octanol–water partition coefficient (Wildman–Crippen LogP) is 2.55. The van der Waals surface area contributed by atoms with Gasteiger partial charge in [0.05, 0.1) is 32.1 Å². The van der Waals surface area contributed by atoms with Crippen molar-refractivity contribution in [1.82, 2.24) is 4.57 Å². The number of fused-ring (bicyclic) bond motifs is 1. The highest BCUT2D eigenvalue weighted by Gasteiger charge is 2.21. The van der Waals surface area contributed by atoms with Gasteiger partial charge in [-0.2, -0.15) is 0 Å². The van der Waals surface area contributed by atoms with Gasteiger partial charge in [0, 0.05) is 24.0 Å². The third kappa shape index (κ3) is 3.21. The molecule has 122 valence electrons. The Kier molecular flexibility index (Phi) is 5.05.